The number of anilines is 1. The number of halogens is 2. The van der Waals surface area contributed by atoms with Crippen molar-refractivity contribution in [2.75, 3.05) is 11.9 Å². The molecule has 1 aromatic heterocycles. The molecule has 1 amide bonds. The summed E-state index contributed by atoms with van der Waals surface area (Å²) in [6, 6.07) is 7.93. The largest absolute Gasteiger partial charge is 0.452 e. The van der Waals surface area contributed by atoms with Gasteiger partial charge in [-0.3, -0.25) is 4.79 Å². The summed E-state index contributed by atoms with van der Waals surface area (Å²) in [5, 5.41) is 4.21. The van der Waals surface area contributed by atoms with E-state index in [9.17, 15) is 14.0 Å². The lowest BCUT2D eigenvalue weighted by Crippen LogP contribution is -2.20. The molecule has 1 N–H and O–H groups in total. The smallest absolute Gasteiger partial charge is 0.331 e. The lowest BCUT2D eigenvalue weighted by Gasteiger charge is -2.06. The second-order valence-corrected chi connectivity index (χ2v) is 6.02. The summed E-state index contributed by atoms with van der Waals surface area (Å²) in [4.78, 5) is 23.9. The minimum absolute atomic E-state index is 0.0263. The van der Waals surface area contributed by atoms with Crippen LogP contribution in [0.5, 0.6) is 0 Å². The van der Waals surface area contributed by atoms with Crippen molar-refractivity contribution in [3.8, 4) is 0 Å². The molecule has 114 valence electrons. The highest BCUT2D eigenvalue weighted by molar-refractivity contribution is 9.10. The van der Waals surface area contributed by atoms with E-state index in [0.29, 0.717) is 4.47 Å². The fourth-order valence-electron chi connectivity index (χ4n) is 1.50. The van der Waals surface area contributed by atoms with Gasteiger partial charge in [0.05, 0.1) is 5.69 Å². The van der Waals surface area contributed by atoms with E-state index in [2.05, 4.69) is 21.2 Å². The molecule has 2 aromatic rings. The third-order valence-electron chi connectivity index (χ3n) is 2.48. The molecule has 7 heteroatoms. The van der Waals surface area contributed by atoms with Gasteiger partial charge in [0, 0.05) is 15.4 Å². The summed E-state index contributed by atoms with van der Waals surface area (Å²) < 4.78 is 18.9. The number of ether oxygens (including phenoxy) is 1. The molecule has 22 heavy (non-hydrogen) atoms. The first-order valence-electron chi connectivity index (χ1n) is 6.18. The number of esters is 1. The monoisotopic (exact) mass is 383 g/mol. The summed E-state index contributed by atoms with van der Waals surface area (Å²) in [7, 11) is 0. The number of carbonyl (C=O) groups excluding carboxylic acids is 2. The van der Waals surface area contributed by atoms with Crippen molar-refractivity contribution in [2.45, 2.75) is 0 Å². The number of rotatable bonds is 5. The van der Waals surface area contributed by atoms with Gasteiger partial charge in [-0.25, -0.2) is 9.18 Å². The van der Waals surface area contributed by atoms with E-state index in [-0.39, 0.29) is 5.69 Å². The van der Waals surface area contributed by atoms with Crippen molar-refractivity contribution in [3.63, 3.8) is 0 Å². The number of amides is 1. The standard InChI is InChI=1S/C15H11BrFNO3S/c16-10-3-5-13(12(17)8-10)18-14(19)9-21-15(20)6-4-11-2-1-7-22-11/h1-8H,9H2,(H,18,19)/b6-4+. The second-order valence-electron chi connectivity index (χ2n) is 4.13. The van der Waals surface area contributed by atoms with Crippen molar-refractivity contribution < 1.29 is 18.7 Å². The summed E-state index contributed by atoms with van der Waals surface area (Å²) in [6.07, 6.45) is 2.83. The molecule has 0 saturated carbocycles. The van der Waals surface area contributed by atoms with Gasteiger partial charge in [0.25, 0.3) is 5.91 Å². The Bertz CT molecular complexity index is 701. The van der Waals surface area contributed by atoms with E-state index in [0.717, 1.165) is 4.88 Å². The minimum Gasteiger partial charge on any atom is -0.452 e. The summed E-state index contributed by atoms with van der Waals surface area (Å²) in [6.45, 7) is -0.483. The SMILES string of the molecule is O=C(COC(=O)/C=C/c1cccs1)Nc1ccc(Br)cc1F. The maximum absolute atomic E-state index is 13.5. The first-order chi connectivity index (χ1) is 10.5. The van der Waals surface area contributed by atoms with E-state index < -0.39 is 24.3 Å². The van der Waals surface area contributed by atoms with Gasteiger partial charge in [-0.2, -0.15) is 0 Å². The van der Waals surface area contributed by atoms with Gasteiger partial charge in [0.15, 0.2) is 6.61 Å². The zero-order chi connectivity index (χ0) is 15.9. The van der Waals surface area contributed by atoms with Crippen LogP contribution in [0.15, 0.2) is 46.3 Å². The van der Waals surface area contributed by atoms with E-state index in [1.807, 2.05) is 17.5 Å². The Balaban J connectivity index is 1.81. The molecule has 1 heterocycles. The van der Waals surface area contributed by atoms with Gasteiger partial charge in [-0.05, 0) is 35.7 Å². The Morgan fingerprint density at radius 2 is 2.18 bits per heavy atom. The molecule has 0 fully saturated rings. The molecule has 0 aliphatic rings. The maximum Gasteiger partial charge on any atom is 0.331 e. The Hall–Kier alpha value is -1.99. The van der Waals surface area contributed by atoms with Crippen molar-refractivity contribution in [1.29, 1.82) is 0 Å². The molecule has 4 nitrogen and oxygen atoms in total. The first kappa shape index (κ1) is 16.4. The number of benzene rings is 1. The van der Waals surface area contributed by atoms with Crippen LogP contribution in [0.1, 0.15) is 4.88 Å². The number of hydrogen-bond donors (Lipinski definition) is 1. The lowest BCUT2D eigenvalue weighted by atomic mass is 10.3. The highest BCUT2D eigenvalue weighted by Crippen LogP contribution is 2.19. The molecule has 0 aliphatic carbocycles. The number of hydrogen-bond acceptors (Lipinski definition) is 4. The molecule has 2 rings (SSSR count). The average molecular weight is 384 g/mol. The lowest BCUT2D eigenvalue weighted by molar-refractivity contribution is -0.142. The Morgan fingerprint density at radius 3 is 2.86 bits per heavy atom. The van der Waals surface area contributed by atoms with Gasteiger partial charge in [0.1, 0.15) is 5.82 Å². The fraction of sp³-hybridized carbons (Fsp3) is 0.0667. The third-order valence-corrected chi connectivity index (χ3v) is 3.81. The highest BCUT2D eigenvalue weighted by Gasteiger charge is 2.09. The molecule has 0 atom stereocenters. The van der Waals surface area contributed by atoms with E-state index in [4.69, 9.17) is 4.74 Å². The molecule has 0 saturated heterocycles. The van der Waals surface area contributed by atoms with Crippen LogP contribution in [0.2, 0.25) is 0 Å². The predicted molar refractivity (Wildman–Crippen MR) is 87.0 cm³/mol. The quantitative estimate of drug-likeness (QED) is 0.630. The summed E-state index contributed by atoms with van der Waals surface area (Å²) >= 11 is 4.59. The van der Waals surface area contributed by atoms with Gasteiger partial charge in [0.2, 0.25) is 0 Å². The van der Waals surface area contributed by atoms with Crippen LogP contribution in [0.4, 0.5) is 10.1 Å². The van der Waals surface area contributed by atoms with E-state index >= 15 is 0 Å². The van der Waals surface area contributed by atoms with Crippen LogP contribution in [0, 0.1) is 5.82 Å². The van der Waals surface area contributed by atoms with Crippen LogP contribution < -0.4 is 5.32 Å². The molecule has 0 bridgehead atoms. The van der Waals surface area contributed by atoms with Crippen LogP contribution >= 0.6 is 27.3 Å². The Labute approximate surface area is 138 Å². The van der Waals surface area contributed by atoms with E-state index in [1.165, 1.54) is 29.5 Å². The van der Waals surface area contributed by atoms with Crippen LogP contribution in [0.25, 0.3) is 6.08 Å². The number of thiophene rings is 1. The summed E-state index contributed by atoms with van der Waals surface area (Å²) in [5.74, 6) is -1.83. The van der Waals surface area contributed by atoms with Gasteiger partial charge in [-0.15, -0.1) is 11.3 Å². The molecular weight excluding hydrogens is 373 g/mol. The van der Waals surface area contributed by atoms with Crippen molar-refractivity contribution in [2.24, 2.45) is 0 Å². The fourth-order valence-corrected chi connectivity index (χ4v) is 2.45. The van der Waals surface area contributed by atoms with Crippen LogP contribution in [-0.4, -0.2) is 18.5 Å². The van der Waals surface area contributed by atoms with Gasteiger partial charge < -0.3 is 10.1 Å². The molecular formula is C15H11BrFNO3S. The Kier molecular flexibility index (Phi) is 5.85. The molecule has 0 radical (unpaired) electrons. The predicted octanol–water partition coefficient (Wildman–Crippen LogP) is 3.84. The van der Waals surface area contributed by atoms with Crippen LogP contribution in [-0.2, 0) is 14.3 Å². The number of nitrogens with one attached hydrogen (secondary N) is 1. The van der Waals surface area contributed by atoms with Crippen LogP contribution in [0.3, 0.4) is 0 Å². The zero-order valence-electron chi connectivity index (χ0n) is 11.2. The highest BCUT2D eigenvalue weighted by atomic mass is 79.9. The minimum atomic E-state index is -0.639. The Morgan fingerprint density at radius 1 is 1.36 bits per heavy atom. The average Bonchev–Trinajstić information content (AvgIpc) is 2.99. The molecule has 0 aliphatic heterocycles. The second kappa shape index (κ2) is 7.86. The van der Waals surface area contributed by atoms with Gasteiger partial charge >= 0.3 is 5.97 Å². The van der Waals surface area contributed by atoms with E-state index in [1.54, 1.807) is 12.1 Å². The normalized spacial score (nSPS) is 10.6. The third kappa shape index (κ3) is 5.09. The van der Waals surface area contributed by atoms with Crippen molar-refractivity contribution in [3.05, 3.63) is 57.0 Å². The maximum atomic E-state index is 13.5. The van der Waals surface area contributed by atoms with Gasteiger partial charge in [-0.1, -0.05) is 22.0 Å². The molecule has 0 unspecified atom stereocenters. The van der Waals surface area contributed by atoms with Crippen molar-refractivity contribution in [1.82, 2.24) is 0 Å². The number of carbonyl (C=O) groups is 2. The summed E-state index contributed by atoms with van der Waals surface area (Å²) in [5.41, 5.74) is 0.0263. The first-order valence-corrected chi connectivity index (χ1v) is 7.85. The van der Waals surface area contributed by atoms with Crippen molar-refractivity contribution >= 4 is 50.9 Å². The molecule has 0 spiro atoms. The zero-order valence-corrected chi connectivity index (χ0v) is 13.6. The molecule has 1 aromatic carbocycles. The topological polar surface area (TPSA) is 55.4 Å².